The second kappa shape index (κ2) is 7.37. The van der Waals surface area contributed by atoms with Gasteiger partial charge in [0.15, 0.2) is 0 Å². The van der Waals surface area contributed by atoms with Crippen molar-refractivity contribution in [1.29, 1.82) is 0 Å². The lowest BCUT2D eigenvalue weighted by atomic mass is 9.85. The number of aromatic nitrogens is 1. The SMILES string of the molecule is CCC1CCCCC1OCc1ccc(CNC2CC2)cn1. The molecule has 0 saturated heterocycles. The Hall–Kier alpha value is -0.930. The van der Waals surface area contributed by atoms with Gasteiger partial charge in [-0.25, -0.2) is 0 Å². The molecule has 2 aliphatic carbocycles. The molecule has 1 N–H and O–H groups in total. The first-order valence-corrected chi connectivity index (χ1v) is 8.64. The lowest BCUT2D eigenvalue weighted by Crippen LogP contribution is -2.27. The van der Waals surface area contributed by atoms with E-state index >= 15 is 0 Å². The minimum absolute atomic E-state index is 0.446. The van der Waals surface area contributed by atoms with Gasteiger partial charge in [-0.1, -0.05) is 32.3 Å². The Labute approximate surface area is 128 Å². The molecule has 3 nitrogen and oxygen atoms in total. The molecule has 2 atom stereocenters. The molecule has 0 spiro atoms. The second-order valence-corrected chi connectivity index (χ2v) is 6.62. The molecule has 1 heterocycles. The lowest BCUT2D eigenvalue weighted by Gasteiger charge is -2.30. The summed E-state index contributed by atoms with van der Waals surface area (Å²) in [5.41, 5.74) is 2.33. The Morgan fingerprint density at radius 3 is 2.76 bits per heavy atom. The molecule has 116 valence electrons. The minimum atomic E-state index is 0.446. The first-order chi connectivity index (χ1) is 10.3. The molecule has 2 fully saturated rings. The van der Waals surface area contributed by atoms with Crippen LogP contribution in [0.1, 0.15) is 63.1 Å². The van der Waals surface area contributed by atoms with E-state index in [1.165, 1.54) is 50.5 Å². The van der Waals surface area contributed by atoms with Crippen LogP contribution in [0.4, 0.5) is 0 Å². The third-order valence-electron chi connectivity index (χ3n) is 4.87. The zero-order chi connectivity index (χ0) is 14.5. The van der Waals surface area contributed by atoms with E-state index in [9.17, 15) is 0 Å². The Morgan fingerprint density at radius 2 is 2.05 bits per heavy atom. The topological polar surface area (TPSA) is 34.1 Å². The van der Waals surface area contributed by atoms with Gasteiger partial charge in [0.05, 0.1) is 18.4 Å². The van der Waals surface area contributed by atoms with Gasteiger partial charge in [0, 0.05) is 18.8 Å². The maximum atomic E-state index is 6.14. The summed E-state index contributed by atoms with van der Waals surface area (Å²) in [7, 11) is 0. The quantitative estimate of drug-likeness (QED) is 0.828. The van der Waals surface area contributed by atoms with E-state index in [2.05, 4.69) is 29.4 Å². The van der Waals surface area contributed by atoms with E-state index in [1.807, 2.05) is 6.20 Å². The van der Waals surface area contributed by atoms with Gasteiger partial charge in [0.2, 0.25) is 0 Å². The molecular weight excluding hydrogens is 260 g/mol. The van der Waals surface area contributed by atoms with E-state index in [0.29, 0.717) is 12.7 Å². The van der Waals surface area contributed by atoms with Gasteiger partial charge in [-0.05, 0) is 43.2 Å². The van der Waals surface area contributed by atoms with Crippen LogP contribution in [-0.4, -0.2) is 17.1 Å². The highest BCUT2D eigenvalue weighted by atomic mass is 16.5. The summed E-state index contributed by atoms with van der Waals surface area (Å²) < 4.78 is 6.14. The van der Waals surface area contributed by atoms with Gasteiger partial charge in [-0.3, -0.25) is 4.98 Å². The number of hydrogen-bond acceptors (Lipinski definition) is 3. The molecule has 0 amide bonds. The van der Waals surface area contributed by atoms with Gasteiger partial charge in [0.1, 0.15) is 0 Å². The van der Waals surface area contributed by atoms with Gasteiger partial charge >= 0.3 is 0 Å². The minimum Gasteiger partial charge on any atom is -0.372 e. The van der Waals surface area contributed by atoms with Crippen LogP contribution < -0.4 is 5.32 Å². The number of nitrogens with one attached hydrogen (secondary N) is 1. The number of ether oxygens (including phenoxy) is 1. The van der Waals surface area contributed by atoms with Crippen LogP contribution in [0.3, 0.4) is 0 Å². The fourth-order valence-corrected chi connectivity index (χ4v) is 3.25. The molecule has 2 aliphatic rings. The number of pyridine rings is 1. The van der Waals surface area contributed by atoms with Crippen molar-refractivity contribution >= 4 is 0 Å². The molecule has 1 aromatic rings. The highest BCUT2D eigenvalue weighted by Gasteiger charge is 2.24. The maximum absolute atomic E-state index is 6.14. The van der Waals surface area contributed by atoms with Gasteiger partial charge in [-0.15, -0.1) is 0 Å². The van der Waals surface area contributed by atoms with Crippen LogP contribution in [-0.2, 0) is 17.9 Å². The molecule has 2 unspecified atom stereocenters. The van der Waals surface area contributed by atoms with Crippen molar-refractivity contribution in [3.63, 3.8) is 0 Å². The highest BCUT2D eigenvalue weighted by molar-refractivity contribution is 5.13. The predicted molar refractivity (Wildman–Crippen MR) is 84.9 cm³/mol. The molecular formula is C18H28N2O. The molecule has 3 rings (SSSR count). The highest BCUT2D eigenvalue weighted by Crippen LogP contribution is 2.29. The van der Waals surface area contributed by atoms with Gasteiger partial charge < -0.3 is 10.1 Å². The van der Waals surface area contributed by atoms with E-state index in [0.717, 1.165) is 24.2 Å². The largest absolute Gasteiger partial charge is 0.372 e. The van der Waals surface area contributed by atoms with Crippen molar-refractivity contribution < 1.29 is 4.74 Å². The Bertz CT molecular complexity index is 427. The van der Waals surface area contributed by atoms with Crippen molar-refractivity contribution in [2.75, 3.05) is 0 Å². The summed E-state index contributed by atoms with van der Waals surface area (Å²) in [5, 5.41) is 3.52. The number of nitrogens with zero attached hydrogens (tertiary/aromatic N) is 1. The second-order valence-electron chi connectivity index (χ2n) is 6.62. The van der Waals surface area contributed by atoms with Crippen LogP contribution in [0.5, 0.6) is 0 Å². The molecule has 0 aromatic carbocycles. The van der Waals surface area contributed by atoms with Crippen LogP contribution in [0.2, 0.25) is 0 Å². The average Bonchev–Trinajstić information content (AvgIpc) is 3.36. The van der Waals surface area contributed by atoms with Crippen molar-refractivity contribution in [1.82, 2.24) is 10.3 Å². The fourth-order valence-electron chi connectivity index (χ4n) is 3.25. The van der Waals surface area contributed by atoms with E-state index in [4.69, 9.17) is 4.74 Å². The zero-order valence-corrected chi connectivity index (χ0v) is 13.2. The van der Waals surface area contributed by atoms with Crippen LogP contribution >= 0.6 is 0 Å². The number of rotatable bonds is 7. The molecule has 0 radical (unpaired) electrons. The van der Waals surface area contributed by atoms with Crippen molar-refractivity contribution in [2.45, 2.75) is 77.2 Å². The monoisotopic (exact) mass is 288 g/mol. The molecule has 1 aromatic heterocycles. The molecule has 0 bridgehead atoms. The van der Waals surface area contributed by atoms with Crippen LogP contribution in [0.15, 0.2) is 18.3 Å². The van der Waals surface area contributed by atoms with Crippen molar-refractivity contribution in [3.8, 4) is 0 Å². The summed E-state index contributed by atoms with van der Waals surface area (Å²) in [6.45, 7) is 3.89. The first kappa shape index (κ1) is 15.0. The third kappa shape index (κ3) is 4.52. The third-order valence-corrected chi connectivity index (χ3v) is 4.87. The van der Waals surface area contributed by atoms with E-state index in [-0.39, 0.29) is 0 Å². The molecule has 21 heavy (non-hydrogen) atoms. The zero-order valence-electron chi connectivity index (χ0n) is 13.2. The lowest BCUT2D eigenvalue weighted by molar-refractivity contribution is -0.0234. The molecule has 2 saturated carbocycles. The smallest absolute Gasteiger partial charge is 0.0891 e. The van der Waals surface area contributed by atoms with Crippen molar-refractivity contribution in [3.05, 3.63) is 29.6 Å². The predicted octanol–water partition coefficient (Wildman–Crippen LogP) is 3.82. The normalized spacial score (nSPS) is 26.0. The summed E-state index contributed by atoms with van der Waals surface area (Å²) in [4.78, 5) is 4.55. The Balaban J connectivity index is 1.45. The molecule has 3 heteroatoms. The molecule has 0 aliphatic heterocycles. The number of hydrogen-bond donors (Lipinski definition) is 1. The van der Waals surface area contributed by atoms with Crippen LogP contribution in [0, 0.1) is 5.92 Å². The standard InChI is InChI=1S/C18H28N2O/c1-2-15-5-3-4-6-18(15)21-13-17-8-7-14(12-20-17)11-19-16-9-10-16/h7-8,12,15-16,18-19H,2-6,9-11,13H2,1H3. The summed E-state index contributed by atoms with van der Waals surface area (Å²) in [6, 6.07) is 5.05. The maximum Gasteiger partial charge on any atom is 0.0891 e. The van der Waals surface area contributed by atoms with Crippen molar-refractivity contribution in [2.24, 2.45) is 5.92 Å². The summed E-state index contributed by atoms with van der Waals surface area (Å²) >= 11 is 0. The fraction of sp³-hybridized carbons (Fsp3) is 0.722. The summed E-state index contributed by atoms with van der Waals surface area (Å²) in [6.07, 6.45) is 11.6. The van der Waals surface area contributed by atoms with Crippen LogP contribution in [0.25, 0.3) is 0 Å². The first-order valence-electron chi connectivity index (χ1n) is 8.64. The average molecular weight is 288 g/mol. The Morgan fingerprint density at radius 1 is 1.19 bits per heavy atom. The summed E-state index contributed by atoms with van der Waals surface area (Å²) in [5.74, 6) is 0.751. The van der Waals surface area contributed by atoms with E-state index < -0.39 is 0 Å². The van der Waals surface area contributed by atoms with Gasteiger partial charge in [-0.2, -0.15) is 0 Å². The Kier molecular flexibility index (Phi) is 5.26. The van der Waals surface area contributed by atoms with E-state index in [1.54, 1.807) is 0 Å². The van der Waals surface area contributed by atoms with Gasteiger partial charge in [0.25, 0.3) is 0 Å².